The lowest BCUT2D eigenvalue weighted by molar-refractivity contribution is -0.0766. The molecule has 0 bridgehead atoms. The van der Waals surface area contributed by atoms with Gasteiger partial charge >= 0.3 is 7.82 Å². The van der Waals surface area contributed by atoms with Gasteiger partial charge in [0.25, 0.3) is 0 Å². The van der Waals surface area contributed by atoms with Gasteiger partial charge in [-0.25, -0.2) is 19.5 Å². The Morgan fingerprint density at radius 1 is 0.978 bits per heavy atom. The van der Waals surface area contributed by atoms with E-state index < -0.39 is 57.2 Å². The quantitative estimate of drug-likeness (QED) is 0.104. The van der Waals surface area contributed by atoms with E-state index in [0.29, 0.717) is 22.3 Å². The average Bonchev–Trinajstić information content (AvgIpc) is 3.64. The summed E-state index contributed by atoms with van der Waals surface area (Å²) in [6.45, 7) is -0.523. The molecule has 0 radical (unpaired) electrons. The molecule has 7 N–H and O–H groups in total. The van der Waals surface area contributed by atoms with Crippen LogP contribution in [0.15, 0.2) is 61.2 Å². The highest BCUT2D eigenvalue weighted by Gasteiger charge is 2.43. The van der Waals surface area contributed by atoms with Gasteiger partial charge in [0.1, 0.15) is 43.1 Å². The van der Waals surface area contributed by atoms with Gasteiger partial charge in [0.15, 0.2) is 17.0 Å². The number of ether oxygens (including phenoxy) is 1. The number of hydrogen-bond donors (Lipinski definition) is 7. The molecule has 2 aliphatic rings. The zero-order valence-electron chi connectivity index (χ0n) is 23.4. The van der Waals surface area contributed by atoms with Crippen LogP contribution >= 0.6 is 7.82 Å². The first-order valence-corrected chi connectivity index (χ1v) is 15.8. The SMILES string of the molecule is O=P(O)(O)O[C@H]1C[C@H](n2cnc3c(N[C@@H]4c5c(cc6ccc7cccc8ccc5c6c78)[C@@H](O)[C@H](O)[C@@H]4O)ncnc32)O[C@@H]1CO. The number of phosphoric ester groups is 1. The highest BCUT2D eigenvalue weighted by molar-refractivity contribution is 7.46. The molecule has 6 aromatic rings. The summed E-state index contributed by atoms with van der Waals surface area (Å²) >= 11 is 0. The van der Waals surface area contributed by atoms with Gasteiger partial charge in [-0.15, -0.1) is 0 Å². The molecule has 0 spiro atoms. The summed E-state index contributed by atoms with van der Waals surface area (Å²) in [4.78, 5) is 31.8. The summed E-state index contributed by atoms with van der Waals surface area (Å²) in [6.07, 6.45) is -4.40. The van der Waals surface area contributed by atoms with Crippen LogP contribution in [0.4, 0.5) is 5.82 Å². The fourth-order valence-corrected chi connectivity index (χ4v) is 7.56. The third kappa shape index (κ3) is 4.49. The van der Waals surface area contributed by atoms with Crippen molar-refractivity contribution in [2.75, 3.05) is 11.9 Å². The van der Waals surface area contributed by atoms with E-state index in [0.717, 1.165) is 32.3 Å². The van der Waals surface area contributed by atoms with Crippen LogP contribution in [-0.2, 0) is 13.8 Å². The fraction of sp³-hybridized carbons (Fsp3) is 0.300. The second-order valence-electron chi connectivity index (χ2n) is 11.5. The number of aliphatic hydroxyl groups excluding tert-OH is 4. The van der Waals surface area contributed by atoms with Crippen molar-refractivity contribution in [1.29, 1.82) is 0 Å². The minimum Gasteiger partial charge on any atom is -0.394 e. The summed E-state index contributed by atoms with van der Waals surface area (Å²) < 4.78 is 23.7. The van der Waals surface area contributed by atoms with Gasteiger partial charge in [0.05, 0.1) is 19.0 Å². The lowest BCUT2D eigenvalue weighted by Crippen LogP contribution is -2.44. The Kier molecular flexibility index (Phi) is 6.59. The first kappa shape index (κ1) is 28.6. The maximum atomic E-state index is 11.5. The van der Waals surface area contributed by atoms with Crippen molar-refractivity contribution in [3.05, 3.63) is 72.3 Å². The van der Waals surface area contributed by atoms with Crippen molar-refractivity contribution in [2.24, 2.45) is 0 Å². The zero-order chi connectivity index (χ0) is 31.2. The summed E-state index contributed by atoms with van der Waals surface area (Å²) in [5.74, 6) is 0.239. The van der Waals surface area contributed by atoms with Crippen LogP contribution < -0.4 is 5.32 Å². The molecule has 1 aliphatic carbocycles. The highest BCUT2D eigenvalue weighted by Crippen LogP contribution is 2.47. The van der Waals surface area contributed by atoms with Gasteiger partial charge in [-0.3, -0.25) is 9.09 Å². The minimum absolute atomic E-state index is 0.00602. The van der Waals surface area contributed by atoms with Crippen molar-refractivity contribution in [1.82, 2.24) is 19.5 Å². The zero-order valence-corrected chi connectivity index (χ0v) is 24.3. The molecular formula is C30H28N5O9P. The predicted molar refractivity (Wildman–Crippen MR) is 161 cm³/mol. The summed E-state index contributed by atoms with van der Waals surface area (Å²) in [7, 11) is -4.84. The maximum Gasteiger partial charge on any atom is 0.469 e. The van der Waals surface area contributed by atoms with Crippen molar-refractivity contribution in [3.8, 4) is 0 Å². The number of anilines is 1. The van der Waals surface area contributed by atoms with E-state index in [1.165, 1.54) is 12.7 Å². The molecule has 45 heavy (non-hydrogen) atoms. The normalized spacial score (nSPS) is 27.2. The number of nitrogens with zero attached hydrogens (tertiary/aromatic N) is 4. The van der Waals surface area contributed by atoms with Crippen molar-refractivity contribution in [2.45, 2.75) is 49.2 Å². The standard InChI is InChI=1S/C30H28N5O9P/c36-10-19-18(44-45(40,41)42)9-20(43-19)35-12-33-25-29(31-11-32-30(25)35)34-24-23-16-7-6-14-3-1-2-13-4-5-15(22(16)21(13)14)8-17(23)26(37)28(39)27(24)38/h1-8,11-12,18-20,24,26-28,36-39H,9-10H2,(H,31,32,34)(H2,40,41,42)/t18-,19+,20+,24+,26+,27+,28-/m0/s1. The number of phosphoric acid groups is 1. The molecule has 1 fully saturated rings. The monoisotopic (exact) mass is 633 g/mol. The smallest absolute Gasteiger partial charge is 0.394 e. The van der Waals surface area contributed by atoms with Gasteiger partial charge in [-0.2, -0.15) is 0 Å². The van der Waals surface area contributed by atoms with E-state index in [-0.39, 0.29) is 12.2 Å². The van der Waals surface area contributed by atoms with Crippen LogP contribution in [0.2, 0.25) is 0 Å². The molecule has 7 atom stereocenters. The first-order valence-electron chi connectivity index (χ1n) is 14.3. The van der Waals surface area contributed by atoms with Crippen LogP contribution in [0.5, 0.6) is 0 Å². The average molecular weight is 634 g/mol. The topological polar surface area (TPSA) is 213 Å². The molecule has 0 unspecified atom stereocenters. The number of nitrogens with one attached hydrogen (secondary N) is 1. The maximum absolute atomic E-state index is 11.5. The van der Waals surface area contributed by atoms with Gasteiger partial charge in [-0.1, -0.05) is 42.5 Å². The minimum atomic E-state index is -4.84. The number of rotatable bonds is 6. The van der Waals surface area contributed by atoms with E-state index in [1.807, 2.05) is 48.5 Å². The predicted octanol–water partition coefficient (Wildman–Crippen LogP) is 2.40. The lowest BCUT2D eigenvalue weighted by atomic mass is 9.77. The Morgan fingerprint density at radius 3 is 2.49 bits per heavy atom. The molecule has 1 saturated heterocycles. The molecule has 8 rings (SSSR count). The van der Waals surface area contributed by atoms with E-state index in [9.17, 15) is 34.8 Å². The molecule has 2 aromatic heterocycles. The van der Waals surface area contributed by atoms with Crippen LogP contribution in [0.1, 0.15) is 35.9 Å². The molecule has 3 heterocycles. The Bertz CT molecular complexity index is 2120. The van der Waals surface area contributed by atoms with E-state index in [1.54, 1.807) is 4.57 Å². The third-order valence-corrected chi connectivity index (χ3v) is 9.51. The second kappa shape index (κ2) is 10.4. The van der Waals surface area contributed by atoms with Crippen LogP contribution in [0, 0.1) is 0 Å². The largest absolute Gasteiger partial charge is 0.469 e. The number of hydrogen-bond acceptors (Lipinski definition) is 11. The molecular weight excluding hydrogens is 605 g/mol. The number of benzene rings is 4. The van der Waals surface area contributed by atoms with E-state index >= 15 is 0 Å². The summed E-state index contributed by atoms with van der Waals surface area (Å²) in [6, 6.07) is 15.0. The molecule has 0 amide bonds. The number of imidazole rings is 1. The Hall–Kier alpha value is -3.82. The van der Waals surface area contributed by atoms with Gasteiger partial charge in [0.2, 0.25) is 0 Å². The number of aliphatic hydroxyl groups is 4. The molecule has 4 aromatic carbocycles. The Labute approximate surface area is 254 Å². The fourth-order valence-electron chi connectivity index (χ4n) is 6.98. The lowest BCUT2D eigenvalue weighted by Gasteiger charge is -2.39. The highest BCUT2D eigenvalue weighted by atomic mass is 31.2. The van der Waals surface area contributed by atoms with Crippen LogP contribution in [0.3, 0.4) is 0 Å². The molecule has 0 saturated carbocycles. The van der Waals surface area contributed by atoms with Gasteiger partial charge < -0.3 is 40.3 Å². The van der Waals surface area contributed by atoms with Crippen molar-refractivity contribution in [3.63, 3.8) is 0 Å². The Morgan fingerprint density at radius 2 is 1.73 bits per heavy atom. The summed E-state index contributed by atoms with van der Waals surface area (Å²) in [5, 5.41) is 52.3. The number of aromatic nitrogens is 4. The number of fused-ring (bicyclic) bond motifs is 3. The third-order valence-electron chi connectivity index (χ3n) is 8.96. The van der Waals surface area contributed by atoms with Crippen molar-refractivity contribution < 1.29 is 44.0 Å². The molecule has 15 heteroatoms. The van der Waals surface area contributed by atoms with Gasteiger partial charge in [-0.05, 0) is 49.5 Å². The van der Waals surface area contributed by atoms with Crippen LogP contribution in [-0.4, -0.2) is 80.8 Å². The van der Waals surface area contributed by atoms with E-state index in [4.69, 9.17) is 9.26 Å². The molecule has 232 valence electrons. The van der Waals surface area contributed by atoms with Crippen LogP contribution in [0.25, 0.3) is 43.5 Å². The van der Waals surface area contributed by atoms with E-state index in [2.05, 4.69) is 20.3 Å². The summed E-state index contributed by atoms with van der Waals surface area (Å²) in [5.41, 5.74) is 1.72. The van der Waals surface area contributed by atoms with Crippen molar-refractivity contribution >= 4 is 57.1 Å². The first-order chi connectivity index (χ1) is 21.6. The van der Waals surface area contributed by atoms with Gasteiger partial charge in [0, 0.05) is 6.42 Å². The second-order valence-corrected chi connectivity index (χ2v) is 12.7. The Balaban J connectivity index is 1.22. The molecule has 1 aliphatic heterocycles. The molecule has 14 nitrogen and oxygen atoms in total.